The highest BCUT2D eigenvalue weighted by Crippen LogP contribution is 2.19. The van der Waals surface area contributed by atoms with Crippen LogP contribution in [0.4, 0.5) is 5.69 Å². The number of rotatable bonds is 5. The second-order valence-corrected chi connectivity index (χ2v) is 8.03. The van der Waals surface area contributed by atoms with Crippen molar-refractivity contribution >= 4 is 33.4 Å². The summed E-state index contributed by atoms with van der Waals surface area (Å²) in [5.74, 6) is -0.281. The molecule has 5 nitrogen and oxygen atoms in total. The Morgan fingerprint density at radius 2 is 1.74 bits per heavy atom. The first-order valence-electron chi connectivity index (χ1n) is 6.82. The first-order valence-corrected chi connectivity index (χ1v) is 9.49. The van der Waals surface area contributed by atoms with Crippen LogP contribution in [0.15, 0.2) is 58.3 Å². The fourth-order valence-corrected chi connectivity index (χ4v) is 3.25. The minimum Gasteiger partial charge on any atom is -0.322 e. The molecule has 0 fully saturated rings. The van der Waals surface area contributed by atoms with Crippen LogP contribution in [0.1, 0.15) is 10.4 Å². The quantitative estimate of drug-likeness (QED) is 0.842. The molecule has 0 saturated carbocycles. The summed E-state index contributed by atoms with van der Waals surface area (Å²) in [4.78, 5) is 13.4. The lowest BCUT2D eigenvalue weighted by Crippen LogP contribution is -2.22. The van der Waals surface area contributed by atoms with E-state index in [2.05, 4.69) is 5.32 Å². The van der Waals surface area contributed by atoms with E-state index >= 15 is 0 Å². The lowest BCUT2D eigenvalue weighted by atomic mass is 10.2. The van der Waals surface area contributed by atoms with Gasteiger partial charge in [-0.15, -0.1) is 11.8 Å². The first-order chi connectivity index (χ1) is 10.8. The zero-order chi connectivity index (χ0) is 17.0. The highest BCUT2D eigenvalue weighted by atomic mass is 32.2. The fourth-order valence-electron chi connectivity index (χ4n) is 1.89. The van der Waals surface area contributed by atoms with E-state index in [0.717, 1.165) is 9.20 Å². The van der Waals surface area contributed by atoms with Gasteiger partial charge in [0, 0.05) is 30.2 Å². The second kappa shape index (κ2) is 7.16. The van der Waals surface area contributed by atoms with Gasteiger partial charge in [-0.25, -0.2) is 12.7 Å². The fraction of sp³-hybridized carbons (Fsp3) is 0.188. The smallest absolute Gasteiger partial charge is 0.255 e. The van der Waals surface area contributed by atoms with Gasteiger partial charge in [-0.1, -0.05) is 6.07 Å². The van der Waals surface area contributed by atoms with Crippen LogP contribution in [-0.4, -0.2) is 39.0 Å². The third-order valence-corrected chi connectivity index (χ3v) is 5.78. The zero-order valence-electron chi connectivity index (χ0n) is 13.1. The lowest BCUT2D eigenvalue weighted by molar-refractivity contribution is 0.102. The maximum absolute atomic E-state index is 12.2. The summed E-state index contributed by atoms with van der Waals surface area (Å²) in [6.07, 6.45) is 1.96. The number of benzene rings is 2. The Bertz CT molecular complexity index is 800. The Kier molecular flexibility index (Phi) is 5.46. The zero-order valence-corrected chi connectivity index (χ0v) is 14.7. The van der Waals surface area contributed by atoms with Gasteiger partial charge in [0.1, 0.15) is 0 Å². The van der Waals surface area contributed by atoms with Crippen LogP contribution in [0.2, 0.25) is 0 Å². The summed E-state index contributed by atoms with van der Waals surface area (Å²) in [6, 6.07) is 13.4. The molecule has 1 N–H and O–H groups in total. The van der Waals surface area contributed by atoms with Crippen LogP contribution >= 0.6 is 11.8 Å². The number of nitrogens with one attached hydrogen (secondary N) is 1. The monoisotopic (exact) mass is 350 g/mol. The van der Waals surface area contributed by atoms with Gasteiger partial charge in [0.2, 0.25) is 10.0 Å². The number of hydrogen-bond acceptors (Lipinski definition) is 4. The molecule has 0 aliphatic carbocycles. The third kappa shape index (κ3) is 4.13. The van der Waals surface area contributed by atoms with Gasteiger partial charge in [-0.2, -0.15) is 0 Å². The van der Waals surface area contributed by atoms with Crippen molar-refractivity contribution in [1.29, 1.82) is 0 Å². The topological polar surface area (TPSA) is 66.5 Å². The molecule has 0 aliphatic rings. The molecule has 0 radical (unpaired) electrons. The molecule has 0 spiro atoms. The predicted octanol–water partition coefficient (Wildman–Crippen LogP) is 2.91. The van der Waals surface area contributed by atoms with E-state index < -0.39 is 10.0 Å². The highest BCUT2D eigenvalue weighted by molar-refractivity contribution is 7.98. The molecule has 1 amide bonds. The summed E-state index contributed by atoms with van der Waals surface area (Å²) in [5.41, 5.74) is 0.954. The van der Waals surface area contributed by atoms with Crippen molar-refractivity contribution in [3.63, 3.8) is 0 Å². The van der Waals surface area contributed by atoms with Gasteiger partial charge in [-0.05, 0) is 48.7 Å². The largest absolute Gasteiger partial charge is 0.322 e. The third-order valence-electron chi connectivity index (χ3n) is 3.22. The number of hydrogen-bond donors (Lipinski definition) is 1. The Morgan fingerprint density at radius 3 is 2.30 bits per heavy atom. The van der Waals surface area contributed by atoms with E-state index in [1.807, 2.05) is 18.4 Å². The molecule has 23 heavy (non-hydrogen) atoms. The maximum Gasteiger partial charge on any atom is 0.255 e. The van der Waals surface area contributed by atoms with Crippen molar-refractivity contribution in [2.24, 2.45) is 0 Å². The van der Waals surface area contributed by atoms with Crippen LogP contribution in [-0.2, 0) is 10.0 Å². The van der Waals surface area contributed by atoms with Crippen molar-refractivity contribution in [3.8, 4) is 0 Å². The number of amides is 1. The van der Waals surface area contributed by atoms with Crippen molar-refractivity contribution in [2.75, 3.05) is 25.7 Å². The van der Waals surface area contributed by atoms with E-state index in [9.17, 15) is 13.2 Å². The van der Waals surface area contributed by atoms with Crippen molar-refractivity contribution < 1.29 is 13.2 Å². The second-order valence-electron chi connectivity index (χ2n) is 5.00. The molecular weight excluding hydrogens is 332 g/mol. The summed E-state index contributed by atoms with van der Waals surface area (Å²) in [6.45, 7) is 0. The SMILES string of the molecule is CSc1ccc(C(=O)Nc2cccc(S(=O)(=O)N(C)C)c2)cc1. The molecule has 2 rings (SSSR count). The number of sulfonamides is 1. The van der Waals surface area contributed by atoms with Gasteiger partial charge in [-0.3, -0.25) is 4.79 Å². The Labute approximate surface area is 140 Å². The summed E-state index contributed by atoms with van der Waals surface area (Å²) in [5, 5.41) is 2.72. The van der Waals surface area contributed by atoms with E-state index in [4.69, 9.17) is 0 Å². The summed E-state index contributed by atoms with van der Waals surface area (Å²) < 4.78 is 25.4. The van der Waals surface area contributed by atoms with Gasteiger partial charge in [0.25, 0.3) is 5.91 Å². The Balaban J connectivity index is 2.21. The van der Waals surface area contributed by atoms with Crippen LogP contribution in [0.3, 0.4) is 0 Å². The van der Waals surface area contributed by atoms with Crippen LogP contribution in [0, 0.1) is 0 Å². The number of carbonyl (C=O) groups is 1. The van der Waals surface area contributed by atoms with Gasteiger partial charge in [0.15, 0.2) is 0 Å². The van der Waals surface area contributed by atoms with E-state index in [0.29, 0.717) is 11.3 Å². The number of anilines is 1. The summed E-state index contributed by atoms with van der Waals surface area (Å²) >= 11 is 1.60. The molecule has 0 aliphatic heterocycles. The molecule has 0 heterocycles. The van der Waals surface area contributed by atoms with Crippen molar-refractivity contribution in [3.05, 3.63) is 54.1 Å². The van der Waals surface area contributed by atoms with E-state index in [1.165, 1.54) is 26.2 Å². The molecular formula is C16H18N2O3S2. The molecule has 0 saturated heterocycles. The standard InChI is InChI=1S/C16H18N2O3S2/c1-18(2)23(20,21)15-6-4-5-13(11-15)17-16(19)12-7-9-14(22-3)10-8-12/h4-11H,1-3H3,(H,17,19). The molecule has 0 aromatic heterocycles. The van der Waals surface area contributed by atoms with Crippen LogP contribution < -0.4 is 5.32 Å². The molecule has 0 bridgehead atoms. The van der Waals surface area contributed by atoms with Crippen molar-refractivity contribution in [2.45, 2.75) is 9.79 Å². The van der Waals surface area contributed by atoms with Crippen LogP contribution in [0.25, 0.3) is 0 Å². The Hall–Kier alpha value is -1.83. The van der Waals surface area contributed by atoms with E-state index in [-0.39, 0.29) is 10.8 Å². The minimum absolute atomic E-state index is 0.137. The number of carbonyl (C=O) groups excluding carboxylic acids is 1. The Morgan fingerprint density at radius 1 is 1.09 bits per heavy atom. The molecule has 0 unspecified atom stereocenters. The average Bonchev–Trinajstić information content (AvgIpc) is 2.55. The number of thioether (sulfide) groups is 1. The predicted molar refractivity (Wildman–Crippen MR) is 93.5 cm³/mol. The number of nitrogens with zero attached hydrogens (tertiary/aromatic N) is 1. The first kappa shape index (κ1) is 17.5. The van der Waals surface area contributed by atoms with Crippen molar-refractivity contribution in [1.82, 2.24) is 4.31 Å². The van der Waals surface area contributed by atoms with Gasteiger partial charge in [0.05, 0.1) is 4.90 Å². The molecule has 2 aromatic rings. The average molecular weight is 350 g/mol. The summed E-state index contributed by atoms with van der Waals surface area (Å²) in [7, 11) is -0.597. The lowest BCUT2D eigenvalue weighted by Gasteiger charge is -2.12. The van der Waals surface area contributed by atoms with Gasteiger partial charge < -0.3 is 5.32 Å². The minimum atomic E-state index is -3.53. The van der Waals surface area contributed by atoms with Gasteiger partial charge >= 0.3 is 0 Å². The molecule has 7 heteroatoms. The molecule has 0 atom stereocenters. The molecule has 2 aromatic carbocycles. The normalized spacial score (nSPS) is 11.5. The highest BCUT2D eigenvalue weighted by Gasteiger charge is 2.17. The maximum atomic E-state index is 12.2. The molecule has 122 valence electrons. The van der Waals surface area contributed by atoms with Crippen LogP contribution in [0.5, 0.6) is 0 Å². The van der Waals surface area contributed by atoms with E-state index in [1.54, 1.807) is 36.0 Å².